The zero-order valence-electron chi connectivity index (χ0n) is 11.9. The molecule has 0 atom stereocenters. The number of nitrogens with zero attached hydrogens (tertiary/aromatic N) is 3. The maximum absolute atomic E-state index is 12.1. The van der Waals surface area contributed by atoms with Crippen LogP contribution in [-0.2, 0) is 6.54 Å². The molecule has 1 N–H and O–H groups in total. The van der Waals surface area contributed by atoms with E-state index in [1.165, 1.54) is 6.20 Å². The topological polar surface area (TPSA) is 59.8 Å². The Balaban J connectivity index is 1.66. The molecule has 0 unspecified atom stereocenters. The van der Waals surface area contributed by atoms with E-state index in [0.29, 0.717) is 28.1 Å². The second-order valence-electron chi connectivity index (χ2n) is 4.85. The third kappa shape index (κ3) is 4.09. The molecule has 3 rings (SSSR count). The number of amides is 1. The van der Waals surface area contributed by atoms with Crippen molar-refractivity contribution < 1.29 is 4.79 Å². The fourth-order valence-electron chi connectivity index (χ4n) is 1.99. The number of carbonyl (C=O) groups excluding carboxylic acids is 1. The minimum absolute atomic E-state index is 0.286. The van der Waals surface area contributed by atoms with Crippen LogP contribution >= 0.6 is 23.2 Å². The summed E-state index contributed by atoms with van der Waals surface area (Å²) in [7, 11) is 0. The molecule has 0 saturated carbocycles. The number of benzene rings is 1. The molecule has 1 amide bonds. The van der Waals surface area contributed by atoms with E-state index in [1.54, 1.807) is 29.1 Å². The van der Waals surface area contributed by atoms with Gasteiger partial charge in [0.05, 0.1) is 12.1 Å². The number of halogens is 2. The monoisotopic (exact) mass is 346 g/mol. The third-order valence-electron chi connectivity index (χ3n) is 3.13. The van der Waals surface area contributed by atoms with Crippen LogP contribution < -0.4 is 5.32 Å². The molecule has 0 bridgehead atoms. The lowest BCUT2D eigenvalue weighted by Gasteiger charge is -2.03. The van der Waals surface area contributed by atoms with E-state index in [9.17, 15) is 4.79 Å². The molecule has 0 aliphatic rings. The van der Waals surface area contributed by atoms with Crippen molar-refractivity contribution >= 4 is 34.9 Å². The Labute approximate surface area is 142 Å². The van der Waals surface area contributed by atoms with Gasteiger partial charge in [0.2, 0.25) is 0 Å². The van der Waals surface area contributed by atoms with Crippen LogP contribution in [0.2, 0.25) is 10.2 Å². The van der Waals surface area contributed by atoms with Gasteiger partial charge >= 0.3 is 0 Å². The van der Waals surface area contributed by atoms with Crippen molar-refractivity contribution in [2.24, 2.45) is 0 Å². The smallest absolute Gasteiger partial charge is 0.258 e. The van der Waals surface area contributed by atoms with E-state index in [2.05, 4.69) is 15.4 Å². The van der Waals surface area contributed by atoms with Gasteiger partial charge in [0, 0.05) is 23.5 Å². The van der Waals surface area contributed by atoms with Gasteiger partial charge in [0.15, 0.2) is 5.82 Å². The summed E-state index contributed by atoms with van der Waals surface area (Å²) in [4.78, 5) is 16.0. The molecule has 5 nitrogen and oxygen atoms in total. The van der Waals surface area contributed by atoms with E-state index < -0.39 is 0 Å². The van der Waals surface area contributed by atoms with E-state index in [-0.39, 0.29) is 5.91 Å². The fourth-order valence-corrected chi connectivity index (χ4v) is 2.23. The summed E-state index contributed by atoms with van der Waals surface area (Å²) >= 11 is 11.6. The van der Waals surface area contributed by atoms with Crippen molar-refractivity contribution in [3.63, 3.8) is 0 Å². The summed E-state index contributed by atoms with van der Waals surface area (Å²) in [5, 5.41) is 8.07. The molecule has 116 valence electrons. The minimum Gasteiger partial charge on any atom is -0.305 e. The largest absolute Gasteiger partial charge is 0.305 e. The Hall–Kier alpha value is -2.37. The van der Waals surface area contributed by atoms with Gasteiger partial charge in [-0.2, -0.15) is 5.10 Å². The van der Waals surface area contributed by atoms with Crippen LogP contribution in [0.4, 0.5) is 5.82 Å². The van der Waals surface area contributed by atoms with Gasteiger partial charge in [0.1, 0.15) is 5.15 Å². The number of nitrogens with one attached hydrogen (secondary N) is 1. The molecular weight excluding hydrogens is 335 g/mol. The average Bonchev–Trinajstić information content (AvgIpc) is 2.97. The summed E-state index contributed by atoms with van der Waals surface area (Å²) in [5.74, 6) is 0.185. The van der Waals surface area contributed by atoms with Gasteiger partial charge in [0.25, 0.3) is 5.91 Å². The minimum atomic E-state index is -0.286. The summed E-state index contributed by atoms with van der Waals surface area (Å²) in [5.41, 5.74) is 1.49. The molecule has 0 fully saturated rings. The van der Waals surface area contributed by atoms with Crippen LogP contribution in [0.1, 0.15) is 15.9 Å². The number of carbonyl (C=O) groups is 1. The maximum atomic E-state index is 12.1. The van der Waals surface area contributed by atoms with Gasteiger partial charge in [-0.3, -0.25) is 9.48 Å². The zero-order chi connectivity index (χ0) is 16.2. The highest BCUT2D eigenvalue weighted by Gasteiger charge is 2.08. The van der Waals surface area contributed by atoms with Gasteiger partial charge in [-0.1, -0.05) is 35.3 Å². The van der Waals surface area contributed by atoms with Gasteiger partial charge in [-0.05, 0) is 29.8 Å². The lowest BCUT2D eigenvalue weighted by atomic mass is 10.2. The number of hydrogen-bond acceptors (Lipinski definition) is 3. The average molecular weight is 347 g/mol. The molecule has 7 heteroatoms. The van der Waals surface area contributed by atoms with Crippen molar-refractivity contribution in [3.05, 3.63) is 76.2 Å². The molecule has 0 aliphatic carbocycles. The highest BCUT2D eigenvalue weighted by Crippen LogP contribution is 2.12. The normalized spacial score (nSPS) is 10.5. The Morgan fingerprint density at radius 1 is 1.09 bits per heavy atom. The van der Waals surface area contributed by atoms with Crippen molar-refractivity contribution in [3.8, 4) is 0 Å². The molecule has 1 aromatic carbocycles. The summed E-state index contributed by atoms with van der Waals surface area (Å²) in [6.45, 7) is 0.593. The summed E-state index contributed by atoms with van der Waals surface area (Å²) < 4.78 is 1.74. The first kappa shape index (κ1) is 15.5. The third-order valence-corrected chi connectivity index (χ3v) is 3.61. The first-order chi connectivity index (χ1) is 11.1. The van der Waals surface area contributed by atoms with Crippen molar-refractivity contribution in [2.45, 2.75) is 6.54 Å². The Bertz CT molecular complexity index is 813. The van der Waals surface area contributed by atoms with Crippen LogP contribution in [-0.4, -0.2) is 20.7 Å². The van der Waals surface area contributed by atoms with Gasteiger partial charge in [-0.25, -0.2) is 4.98 Å². The number of rotatable bonds is 4. The first-order valence-electron chi connectivity index (χ1n) is 6.81. The number of hydrogen-bond donors (Lipinski definition) is 1. The van der Waals surface area contributed by atoms with E-state index in [0.717, 1.165) is 5.56 Å². The second-order valence-corrected chi connectivity index (χ2v) is 5.67. The summed E-state index contributed by atoms with van der Waals surface area (Å²) in [6, 6.07) is 12.4. The van der Waals surface area contributed by atoms with Crippen LogP contribution in [0.3, 0.4) is 0 Å². The van der Waals surface area contributed by atoms with Crippen molar-refractivity contribution in [1.29, 1.82) is 0 Å². The SMILES string of the molecule is O=C(Nc1ccn(Cc2ccc(Cl)cc2)n1)c1ccc(Cl)nc1. The molecule has 0 saturated heterocycles. The second kappa shape index (κ2) is 6.81. The molecule has 23 heavy (non-hydrogen) atoms. The van der Waals surface area contributed by atoms with Crippen LogP contribution in [0.15, 0.2) is 54.9 Å². The maximum Gasteiger partial charge on any atom is 0.258 e. The lowest BCUT2D eigenvalue weighted by Crippen LogP contribution is -2.13. The van der Waals surface area contributed by atoms with Gasteiger partial charge < -0.3 is 5.32 Å². The Morgan fingerprint density at radius 3 is 2.57 bits per heavy atom. The molecule has 0 aliphatic heterocycles. The van der Waals surface area contributed by atoms with E-state index in [4.69, 9.17) is 23.2 Å². The predicted octanol–water partition coefficient (Wildman–Crippen LogP) is 3.89. The predicted molar refractivity (Wildman–Crippen MR) is 90.0 cm³/mol. The fraction of sp³-hybridized carbons (Fsp3) is 0.0625. The zero-order valence-corrected chi connectivity index (χ0v) is 13.4. The lowest BCUT2D eigenvalue weighted by molar-refractivity contribution is 0.102. The highest BCUT2D eigenvalue weighted by atomic mass is 35.5. The summed E-state index contributed by atoms with van der Waals surface area (Å²) in [6.07, 6.45) is 3.21. The quantitative estimate of drug-likeness (QED) is 0.729. The van der Waals surface area contributed by atoms with Crippen LogP contribution in [0, 0.1) is 0 Å². The molecule has 3 aromatic rings. The van der Waals surface area contributed by atoms with Crippen LogP contribution in [0.25, 0.3) is 0 Å². The Morgan fingerprint density at radius 2 is 1.87 bits per heavy atom. The molecule has 0 spiro atoms. The molecule has 0 radical (unpaired) electrons. The molecule has 2 heterocycles. The van der Waals surface area contributed by atoms with E-state index >= 15 is 0 Å². The number of anilines is 1. The number of aromatic nitrogens is 3. The highest BCUT2D eigenvalue weighted by molar-refractivity contribution is 6.30. The van der Waals surface area contributed by atoms with Crippen LogP contribution in [0.5, 0.6) is 0 Å². The van der Waals surface area contributed by atoms with E-state index in [1.807, 2.05) is 24.3 Å². The standard InChI is InChI=1S/C16H12Cl2N4O/c17-13-4-1-11(2-5-13)10-22-8-7-15(21-22)20-16(23)12-3-6-14(18)19-9-12/h1-9H,10H2,(H,20,21,23). The van der Waals surface area contributed by atoms with Crippen molar-refractivity contribution in [1.82, 2.24) is 14.8 Å². The Kier molecular flexibility index (Phi) is 4.60. The number of pyridine rings is 1. The van der Waals surface area contributed by atoms with Crippen molar-refractivity contribution in [2.75, 3.05) is 5.32 Å². The van der Waals surface area contributed by atoms with Gasteiger partial charge in [-0.15, -0.1) is 0 Å². The first-order valence-corrected chi connectivity index (χ1v) is 7.56. The molecule has 2 aromatic heterocycles. The molecular formula is C16H12Cl2N4O.